The lowest BCUT2D eigenvalue weighted by Crippen LogP contribution is -2.54. The lowest BCUT2D eigenvalue weighted by atomic mass is 9.84. The predicted molar refractivity (Wildman–Crippen MR) is 85.6 cm³/mol. The van der Waals surface area contributed by atoms with E-state index in [2.05, 4.69) is 19.2 Å². The van der Waals surface area contributed by atoms with Crippen molar-refractivity contribution in [1.29, 1.82) is 0 Å². The molecule has 0 aromatic heterocycles. The third kappa shape index (κ3) is 3.62. The van der Waals surface area contributed by atoms with Crippen LogP contribution in [0.2, 0.25) is 0 Å². The molecule has 22 heavy (non-hydrogen) atoms. The van der Waals surface area contributed by atoms with Gasteiger partial charge in [-0.25, -0.2) is 4.79 Å². The summed E-state index contributed by atoms with van der Waals surface area (Å²) in [5, 5.41) is 12.8. The third-order valence-electron chi connectivity index (χ3n) is 5.25. The van der Waals surface area contributed by atoms with Crippen LogP contribution in [0.3, 0.4) is 0 Å². The van der Waals surface area contributed by atoms with Crippen LogP contribution in [0.4, 0.5) is 0 Å². The number of carboxylic acid groups (broad SMARTS) is 1. The molecular formula is C17H30N2O3. The maximum absolute atomic E-state index is 12.9. The predicted octanol–water partition coefficient (Wildman–Crippen LogP) is 2.40. The summed E-state index contributed by atoms with van der Waals surface area (Å²) in [6, 6.07) is -0.541. The zero-order chi connectivity index (χ0) is 16.3. The Morgan fingerprint density at radius 3 is 2.59 bits per heavy atom. The minimum Gasteiger partial charge on any atom is -0.480 e. The molecular weight excluding hydrogens is 280 g/mol. The van der Waals surface area contributed by atoms with Crippen LogP contribution in [-0.2, 0) is 9.59 Å². The largest absolute Gasteiger partial charge is 0.480 e. The minimum absolute atomic E-state index is 0.0373. The molecule has 1 amide bonds. The normalized spacial score (nSPS) is 30.7. The summed E-state index contributed by atoms with van der Waals surface area (Å²) in [6.07, 6.45) is 7.00. The number of carbonyl (C=O) groups is 2. The number of aliphatic carboxylic acids is 1. The molecule has 0 aromatic carbocycles. The summed E-state index contributed by atoms with van der Waals surface area (Å²) in [6.45, 7) is 6.07. The lowest BCUT2D eigenvalue weighted by Gasteiger charge is -2.35. The van der Waals surface area contributed by atoms with Gasteiger partial charge < -0.3 is 15.3 Å². The van der Waals surface area contributed by atoms with Crippen molar-refractivity contribution < 1.29 is 14.7 Å². The number of fused-ring (bicyclic) bond motifs is 1. The van der Waals surface area contributed by atoms with Crippen LogP contribution in [0, 0.1) is 5.92 Å². The Kier molecular flexibility index (Phi) is 5.84. The van der Waals surface area contributed by atoms with Crippen molar-refractivity contribution >= 4 is 11.9 Å². The monoisotopic (exact) mass is 310 g/mol. The summed E-state index contributed by atoms with van der Waals surface area (Å²) >= 11 is 0. The van der Waals surface area contributed by atoms with Gasteiger partial charge >= 0.3 is 5.97 Å². The van der Waals surface area contributed by atoms with E-state index in [4.69, 9.17) is 0 Å². The fourth-order valence-electron chi connectivity index (χ4n) is 4.24. The van der Waals surface area contributed by atoms with Gasteiger partial charge in [0.25, 0.3) is 0 Å². The highest BCUT2D eigenvalue weighted by molar-refractivity contribution is 5.87. The average Bonchev–Trinajstić information content (AvgIpc) is 2.86. The van der Waals surface area contributed by atoms with Gasteiger partial charge in [-0.15, -0.1) is 0 Å². The molecule has 0 bridgehead atoms. The number of amides is 1. The first-order chi connectivity index (χ1) is 10.5. The molecule has 0 aromatic rings. The Balaban J connectivity index is 2.08. The number of hydrogen-bond donors (Lipinski definition) is 2. The fraction of sp³-hybridized carbons (Fsp3) is 0.882. The van der Waals surface area contributed by atoms with Crippen molar-refractivity contribution in [3.05, 3.63) is 0 Å². The summed E-state index contributed by atoms with van der Waals surface area (Å²) in [4.78, 5) is 26.1. The molecule has 2 fully saturated rings. The van der Waals surface area contributed by atoms with Crippen molar-refractivity contribution in [2.24, 2.45) is 5.92 Å². The number of rotatable bonds is 6. The van der Waals surface area contributed by atoms with Crippen molar-refractivity contribution in [3.8, 4) is 0 Å². The molecule has 1 saturated heterocycles. The Morgan fingerprint density at radius 2 is 1.95 bits per heavy atom. The first kappa shape index (κ1) is 17.3. The van der Waals surface area contributed by atoms with Crippen LogP contribution >= 0.6 is 0 Å². The highest BCUT2D eigenvalue weighted by Gasteiger charge is 2.48. The van der Waals surface area contributed by atoms with E-state index in [-0.39, 0.29) is 24.0 Å². The second kappa shape index (κ2) is 7.44. The van der Waals surface area contributed by atoms with E-state index in [1.165, 1.54) is 0 Å². The van der Waals surface area contributed by atoms with Crippen LogP contribution in [0.15, 0.2) is 0 Å². The fourth-order valence-corrected chi connectivity index (χ4v) is 4.24. The third-order valence-corrected chi connectivity index (χ3v) is 5.25. The lowest BCUT2D eigenvalue weighted by molar-refractivity contribution is -0.150. The minimum atomic E-state index is -0.850. The van der Waals surface area contributed by atoms with E-state index in [0.717, 1.165) is 38.5 Å². The molecule has 5 heteroatoms. The molecule has 1 aliphatic carbocycles. The summed E-state index contributed by atoms with van der Waals surface area (Å²) in [7, 11) is 0. The Labute approximate surface area is 133 Å². The molecule has 126 valence electrons. The summed E-state index contributed by atoms with van der Waals surface area (Å²) in [5.41, 5.74) is 0. The number of carboxylic acids is 1. The van der Waals surface area contributed by atoms with Gasteiger partial charge in [0, 0.05) is 12.1 Å². The maximum atomic E-state index is 12.9. The molecule has 0 spiro atoms. The standard InChI is InChI=1S/C17H30N2O3/c1-4-7-11(2)18-12(3)16(20)19-14-9-6-5-8-13(14)10-15(19)17(21)22/h11-15,18H,4-10H2,1-3H3,(H,21,22)/t11-,12+,13+,14+,15+/m1/s1. The van der Waals surface area contributed by atoms with Gasteiger partial charge in [0.15, 0.2) is 0 Å². The smallest absolute Gasteiger partial charge is 0.326 e. The topological polar surface area (TPSA) is 69.6 Å². The van der Waals surface area contributed by atoms with E-state index in [9.17, 15) is 14.7 Å². The van der Waals surface area contributed by atoms with Crippen LogP contribution in [0.5, 0.6) is 0 Å². The number of likely N-dealkylation sites (tertiary alicyclic amines) is 1. The van der Waals surface area contributed by atoms with Gasteiger partial charge in [-0.1, -0.05) is 26.2 Å². The van der Waals surface area contributed by atoms with Gasteiger partial charge in [-0.2, -0.15) is 0 Å². The molecule has 0 radical (unpaired) electrons. The molecule has 5 atom stereocenters. The maximum Gasteiger partial charge on any atom is 0.326 e. The molecule has 2 rings (SSSR count). The van der Waals surface area contributed by atoms with Gasteiger partial charge in [-0.05, 0) is 45.4 Å². The number of carbonyl (C=O) groups excluding carboxylic acids is 1. The second-order valence-electron chi connectivity index (χ2n) is 7.03. The SMILES string of the molecule is CCC[C@@H](C)N[C@@H](C)C(=O)N1[C@H](C(=O)O)C[C@@H]2CCCC[C@@H]21. The average molecular weight is 310 g/mol. The zero-order valence-electron chi connectivity index (χ0n) is 14.0. The number of nitrogens with zero attached hydrogens (tertiary/aromatic N) is 1. The van der Waals surface area contributed by atoms with Crippen molar-refractivity contribution in [2.75, 3.05) is 0 Å². The molecule has 1 aliphatic heterocycles. The van der Waals surface area contributed by atoms with Gasteiger partial charge in [-0.3, -0.25) is 4.79 Å². The Morgan fingerprint density at radius 1 is 1.27 bits per heavy atom. The van der Waals surface area contributed by atoms with Crippen LogP contribution < -0.4 is 5.32 Å². The molecule has 5 nitrogen and oxygen atoms in total. The van der Waals surface area contributed by atoms with Crippen molar-refractivity contribution in [1.82, 2.24) is 10.2 Å². The van der Waals surface area contributed by atoms with Crippen molar-refractivity contribution in [2.45, 2.75) is 89.9 Å². The molecule has 2 aliphatic rings. The number of hydrogen-bond acceptors (Lipinski definition) is 3. The van der Waals surface area contributed by atoms with E-state index >= 15 is 0 Å². The quantitative estimate of drug-likeness (QED) is 0.790. The first-order valence-electron chi connectivity index (χ1n) is 8.76. The Bertz CT molecular complexity index is 413. The first-order valence-corrected chi connectivity index (χ1v) is 8.76. The highest BCUT2D eigenvalue weighted by Crippen LogP contribution is 2.40. The van der Waals surface area contributed by atoms with Crippen LogP contribution in [-0.4, -0.2) is 46.1 Å². The van der Waals surface area contributed by atoms with Gasteiger partial charge in [0.2, 0.25) is 5.91 Å². The zero-order valence-corrected chi connectivity index (χ0v) is 14.0. The van der Waals surface area contributed by atoms with Gasteiger partial charge in [0.05, 0.1) is 6.04 Å². The van der Waals surface area contributed by atoms with Crippen LogP contribution in [0.25, 0.3) is 0 Å². The highest BCUT2D eigenvalue weighted by atomic mass is 16.4. The van der Waals surface area contributed by atoms with Crippen molar-refractivity contribution in [3.63, 3.8) is 0 Å². The van der Waals surface area contributed by atoms with Crippen LogP contribution in [0.1, 0.15) is 65.7 Å². The summed E-state index contributed by atoms with van der Waals surface area (Å²) < 4.78 is 0. The molecule has 1 saturated carbocycles. The van der Waals surface area contributed by atoms with E-state index in [1.54, 1.807) is 4.90 Å². The second-order valence-corrected chi connectivity index (χ2v) is 7.03. The molecule has 0 unspecified atom stereocenters. The van der Waals surface area contributed by atoms with Gasteiger partial charge in [0.1, 0.15) is 6.04 Å². The van der Waals surface area contributed by atoms with E-state index in [0.29, 0.717) is 12.3 Å². The molecule has 1 heterocycles. The van der Waals surface area contributed by atoms with E-state index in [1.807, 2.05) is 6.92 Å². The Hall–Kier alpha value is -1.10. The summed E-state index contributed by atoms with van der Waals surface area (Å²) in [5.74, 6) is -0.514. The molecule has 2 N–H and O–H groups in total. The number of nitrogens with one attached hydrogen (secondary N) is 1. The van der Waals surface area contributed by atoms with E-state index < -0.39 is 12.0 Å².